The van der Waals surface area contributed by atoms with E-state index >= 15 is 0 Å². The largest absolute Gasteiger partial charge is 0.493 e. The van der Waals surface area contributed by atoms with Gasteiger partial charge in [0.1, 0.15) is 6.10 Å². The molecule has 0 radical (unpaired) electrons. The summed E-state index contributed by atoms with van der Waals surface area (Å²) in [5, 5.41) is 11.2. The number of rotatable bonds is 6. The number of nitro benzene ring substituents is 1. The predicted molar refractivity (Wildman–Crippen MR) is 75.9 cm³/mol. The van der Waals surface area contributed by atoms with Gasteiger partial charge in [-0.05, 0) is 13.8 Å². The monoisotopic (exact) mass is 297 g/mol. The van der Waals surface area contributed by atoms with Crippen molar-refractivity contribution in [3.8, 4) is 11.5 Å². The molecule has 0 fully saturated rings. The van der Waals surface area contributed by atoms with E-state index in [0.29, 0.717) is 22.6 Å². The molecule has 0 amide bonds. The normalized spacial score (nSPS) is 11.7. The number of methoxy groups -OCH3 is 2. The van der Waals surface area contributed by atoms with E-state index in [9.17, 15) is 14.9 Å². The molecule has 0 saturated carbocycles. The van der Waals surface area contributed by atoms with Gasteiger partial charge in [-0.1, -0.05) is 0 Å². The first-order valence-electron chi connectivity index (χ1n) is 6.37. The van der Waals surface area contributed by atoms with Gasteiger partial charge in [-0.25, -0.2) is 0 Å². The molecule has 0 heterocycles. The van der Waals surface area contributed by atoms with Crippen LogP contribution in [-0.2, 0) is 16.0 Å². The number of carbonyl (C=O) groups excluding carboxylic acids is 1. The van der Waals surface area contributed by atoms with Crippen LogP contribution in [0.3, 0.4) is 0 Å². The predicted octanol–water partition coefficient (Wildman–Crippen LogP) is 2.41. The van der Waals surface area contributed by atoms with Gasteiger partial charge in [0.05, 0.1) is 25.2 Å². The third-order valence-corrected chi connectivity index (χ3v) is 3.07. The molecule has 0 spiro atoms. The molecule has 1 rings (SSSR count). The highest BCUT2D eigenvalue weighted by molar-refractivity contribution is 5.66. The summed E-state index contributed by atoms with van der Waals surface area (Å²) in [5.74, 6) is 0.307. The number of esters is 1. The van der Waals surface area contributed by atoms with Crippen LogP contribution in [0.1, 0.15) is 25.0 Å². The van der Waals surface area contributed by atoms with Crippen molar-refractivity contribution in [2.45, 2.75) is 33.3 Å². The Balaban J connectivity index is 3.33. The highest BCUT2D eigenvalue weighted by atomic mass is 16.6. The highest BCUT2D eigenvalue weighted by Gasteiger charge is 2.25. The standard InChI is InChI=1S/C14H19NO6/c1-8(21-10(3)16)6-11-9(2)14(20-5)13(19-4)7-12(11)15(17)18/h7-8H,6H2,1-5H3/t8-/m1/s1. The van der Waals surface area contributed by atoms with E-state index in [1.165, 1.54) is 27.2 Å². The first-order chi connectivity index (χ1) is 9.81. The molecule has 0 unspecified atom stereocenters. The smallest absolute Gasteiger partial charge is 0.302 e. The Morgan fingerprint density at radius 1 is 1.38 bits per heavy atom. The molecule has 0 N–H and O–H groups in total. The second-order valence-corrected chi connectivity index (χ2v) is 4.62. The SMILES string of the molecule is COc1cc([N+](=O)[O-])c(C[C@@H](C)OC(C)=O)c(C)c1OC. The lowest BCUT2D eigenvalue weighted by atomic mass is 9.99. The van der Waals surface area contributed by atoms with Crippen LogP contribution in [0.5, 0.6) is 11.5 Å². The molecule has 0 bridgehead atoms. The van der Waals surface area contributed by atoms with Gasteiger partial charge in [0.15, 0.2) is 11.5 Å². The van der Waals surface area contributed by atoms with Crippen LogP contribution in [0.15, 0.2) is 6.07 Å². The first kappa shape index (κ1) is 16.7. The van der Waals surface area contributed by atoms with Gasteiger partial charge >= 0.3 is 5.97 Å². The van der Waals surface area contributed by atoms with Gasteiger partial charge < -0.3 is 14.2 Å². The number of benzene rings is 1. The first-order valence-corrected chi connectivity index (χ1v) is 6.37. The van der Waals surface area contributed by atoms with E-state index < -0.39 is 17.0 Å². The minimum absolute atomic E-state index is 0.0795. The zero-order chi connectivity index (χ0) is 16.2. The lowest BCUT2D eigenvalue weighted by molar-refractivity contribution is -0.385. The van der Waals surface area contributed by atoms with Crippen LogP contribution in [0.4, 0.5) is 5.69 Å². The topological polar surface area (TPSA) is 87.9 Å². The van der Waals surface area contributed by atoms with Crippen LogP contribution < -0.4 is 9.47 Å². The summed E-state index contributed by atoms with van der Waals surface area (Å²) in [6.07, 6.45) is -0.250. The van der Waals surface area contributed by atoms with Crippen LogP contribution >= 0.6 is 0 Å². The third kappa shape index (κ3) is 3.84. The van der Waals surface area contributed by atoms with Crippen LogP contribution in [0.2, 0.25) is 0 Å². The average molecular weight is 297 g/mol. The minimum atomic E-state index is -0.481. The maximum Gasteiger partial charge on any atom is 0.302 e. The fraction of sp³-hybridized carbons (Fsp3) is 0.500. The Morgan fingerprint density at radius 2 is 2.00 bits per heavy atom. The summed E-state index contributed by atoms with van der Waals surface area (Å²) < 4.78 is 15.4. The molecule has 0 aliphatic carbocycles. The van der Waals surface area contributed by atoms with E-state index in [0.717, 1.165) is 0 Å². The number of carbonyl (C=O) groups is 1. The van der Waals surface area contributed by atoms with Crippen LogP contribution in [-0.4, -0.2) is 31.2 Å². The van der Waals surface area contributed by atoms with Crippen molar-refractivity contribution in [3.63, 3.8) is 0 Å². The average Bonchev–Trinajstić information content (AvgIpc) is 2.39. The molecule has 0 aliphatic rings. The molecule has 1 aromatic carbocycles. The Hall–Kier alpha value is -2.31. The maximum absolute atomic E-state index is 11.2. The van der Waals surface area contributed by atoms with Gasteiger partial charge in [0.25, 0.3) is 5.69 Å². The summed E-state index contributed by atoms with van der Waals surface area (Å²) in [7, 11) is 2.89. The molecular weight excluding hydrogens is 278 g/mol. The zero-order valence-electron chi connectivity index (χ0n) is 12.8. The number of hydrogen-bond acceptors (Lipinski definition) is 6. The van der Waals surface area contributed by atoms with Crippen molar-refractivity contribution >= 4 is 11.7 Å². The molecule has 7 nitrogen and oxygen atoms in total. The summed E-state index contributed by atoms with van der Waals surface area (Å²) in [4.78, 5) is 21.7. The van der Waals surface area contributed by atoms with Crippen molar-refractivity contribution in [3.05, 3.63) is 27.3 Å². The Morgan fingerprint density at radius 3 is 2.43 bits per heavy atom. The Labute approximate surface area is 123 Å². The molecule has 1 atom stereocenters. The number of nitro groups is 1. The van der Waals surface area contributed by atoms with Crippen molar-refractivity contribution < 1.29 is 23.9 Å². The fourth-order valence-electron chi connectivity index (χ4n) is 2.23. The highest BCUT2D eigenvalue weighted by Crippen LogP contribution is 2.39. The molecule has 1 aromatic rings. The Kier molecular flexibility index (Phi) is 5.52. The third-order valence-electron chi connectivity index (χ3n) is 3.07. The van der Waals surface area contributed by atoms with Crippen molar-refractivity contribution in [1.29, 1.82) is 0 Å². The number of ether oxygens (including phenoxy) is 3. The molecule has 7 heteroatoms. The van der Waals surface area contributed by atoms with Gasteiger partial charge in [0.2, 0.25) is 0 Å². The van der Waals surface area contributed by atoms with Gasteiger partial charge in [-0.15, -0.1) is 0 Å². The second kappa shape index (κ2) is 6.92. The molecule has 21 heavy (non-hydrogen) atoms. The van der Waals surface area contributed by atoms with Crippen LogP contribution in [0, 0.1) is 17.0 Å². The van der Waals surface area contributed by atoms with Crippen molar-refractivity contribution in [2.75, 3.05) is 14.2 Å². The van der Waals surface area contributed by atoms with E-state index in [4.69, 9.17) is 14.2 Å². The number of hydrogen-bond donors (Lipinski definition) is 0. The Bertz CT molecular complexity index is 555. The summed E-state index contributed by atoms with van der Waals surface area (Å²) >= 11 is 0. The lowest BCUT2D eigenvalue weighted by Gasteiger charge is -2.17. The van der Waals surface area contributed by atoms with Crippen molar-refractivity contribution in [2.24, 2.45) is 0 Å². The molecule has 0 saturated heterocycles. The van der Waals surface area contributed by atoms with Gasteiger partial charge in [-0.2, -0.15) is 0 Å². The fourth-order valence-corrected chi connectivity index (χ4v) is 2.23. The molecule has 0 aromatic heterocycles. The van der Waals surface area contributed by atoms with Gasteiger partial charge in [0, 0.05) is 24.5 Å². The molecule has 116 valence electrons. The summed E-state index contributed by atoms with van der Waals surface area (Å²) in [6, 6.07) is 1.32. The summed E-state index contributed by atoms with van der Waals surface area (Å²) in [5.41, 5.74) is 0.984. The van der Waals surface area contributed by atoms with Crippen LogP contribution in [0.25, 0.3) is 0 Å². The van der Waals surface area contributed by atoms with E-state index in [2.05, 4.69) is 0 Å². The summed E-state index contributed by atoms with van der Waals surface area (Å²) in [6.45, 7) is 4.69. The maximum atomic E-state index is 11.2. The lowest BCUT2D eigenvalue weighted by Crippen LogP contribution is -2.17. The van der Waals surface area contributed by atoms with E-state index in [-0.39, 0.29) is 12.1 Å². The molecule has 0 aliphatic heterocycles. The van der Waals surface area contributed by atoms with E-state index in [1.807, 2.05) is 0 Å². The number of nitrogens with zero attached hydrogens (tertiary/aromatic N) is 1. The van der Waals surface area contributed by atoms with Gasteiger partial charge in [-0.3, -0.25) is 14.9 Å². The van der Waals surface area contributed by atoms with E-state index in [1.54, 1.807) is 13.8 Å². The second-order valence-electron chi connectivity index (χ2n) is 4.62. The van der Waals surface area contributed by atoms with Crippen molar-refractivity contribution in [1.82, 2.24) is 0 Å². The zero-order valence-corrected chi connectivity index (χ0v) is 12.8. The molecular formula is C14H19NO6. The quantitative estimate of drug-likeness (QED) is 0.455. The minimum Gasteiger partial charge on any atom is -0.493 e.